The first-order valence-electron chi connectivity index (χ1n) is 10.3. The van der Waals surface area contributed by atoms with Crippen LogP contribution in [0.25, 0.3) is 0 Å². The molecule has 0 unspecified atom stereocenters. The zero-order chi connectivity index (χ0) is 20.1. The number of amides is 2. The Morgan fingerprint density at radius 2 is 2.04 bits per heavy atom. The molecule has 1 saturated heterocycles. The summed E-state index contributed by atoms with van der Waals surface area (Å²) in [6.07, 6.45) is 3.02. The Bertz CT molecular complexity index is 669. The van der Waals surface area contributed by atoms with Crippen LogP contribution in [0.2, 0.25) is 0 Å². The lowest BCUT2D eigenvalue weighted by atomic mass is 9.82. The first-order valence-corrected chi connectivity index (χ1v) is 10.3. The fourth-order valence-electron chi connectivity index (χ4n) is 3.99. The molecule has 1 aliphatic heterocycles. The van der Waals surface area contributed by atoms with Crippen LogP contribution in [-0.2, 0) is 9.53 Å². The summed E-state index contributed by atoms with van der Waals surface area (Å²) < 4.78 is 11.0. The Morgan fingerprint density at radius 3 is 2.68 bits per heavy atom. The molecule has 3 atom stereocenters. The highest BCUT2D eigenvalue weighted by atomic mass is 16.5. The van der Waals surface area contributed by atoms with Crippen LogP contribution in [0.5, 0.6) is 0 Å². The highest BCUT2D eigenvalue weighted by molar-refractivity contribution is 5.92. The van der Waals surface area contributed by atoms with Crippen LogP contribution in [0.3, 0.4) is 0 Å². The van der Waals surface area contributed by atoms with E-state index in [9.17, 15) is 9.59 Å². The van der Waals surface area contributed by atoms with E-state index >= 15 is 0 Å². The van der Waals surface area contributed by atoms with Crippen LogP contribution < -0.4 is 5.32 Å². The van der Waals surface area contributed by atoms with Gasteiger partial charge in [0.2, 0.25) is 5.91 Å². The number of aromatic nitrogens is 1. The van der Waals surface area contributed by atoms with Crippen LogP contribution in [0.4, 0.5) is 0 Å². The van der Waals surface area contributed by atoms with Crippen LogP contribution in [0.15, 0.2) is 10.6 Å². The molecular formula is C20H32N4O4. The maximum absolute atomic E-state index is 13.0. The van der Waals surface area contributed by atoms with E-state index in [1.54, 1.807) is 13.0 Å². The Hall–Kier alpha value is -1.93. The largest absolute Gasteiger partial charge is 0.376 e. The Kier molecular flexibility index (Phi) is 7.07. The van der Waals surface area contributed by atoms with Crippen molar-refractivity contribution in [2.75, 3.05) is 39.8 Å². The lowest BCUT2D eigenvalue weighted by molar-refractivity contribution is -0.139. The van der Waals surface area contributed by atoms with Crippen molar-refractivity contribution in [3.8, 4) is 0 Å². The van der Waals surface area contributed by atoms with Gasteiger partial charge in [0.05, 0.1) is 12.1 Å². The Balaban J connectivity index is 1.64. The number of aryl methyl sites for hydroxylation is 1. The number of nitrogens with zero attached hydrogens (tertiary/aromatic N) is 3. The van der Waals surface area contributed by atoms with Gasteiger partial charge in [-0.2, -0.15) is 0 Å². The molecule has 1 aliphatic carbocycles. The van der Waals surface area contributed by atoms with E-state index in [0.717, 1.165) is 45.4 Å². The molecule has 1 aromatic heterocycles. The maximum Gasteiger partial charge on any atom is 0.273 e. The summed E-state index contributed by atoms with van der Waals surface area (Å²) in [7, 11) is 2.08. The van der Waals surface area contributed by atoms with E-state index < -0.39 is 0 Å². The van der Waals surface area contributed by atoms with E-state index in [2.05, 4.69) is 29.3 Å². The van der Waals surface area contributed by atoms with Gasteiger partial charge in [-0.15, -0.1) is 0 Å². The average molecular weight is 393 g/mol. The van der Waals surface area contributed by atoms with Crippen LogP contribution >= 0.6 is 0 Å². The monoisotopic (exact) mass is 392 g/mol. The molecule has 2 fully saturated rings. The van der Waals surface area contributed by atoms with Crippen molar-refractivity contribution in [1.29, 1.82) is 0 Å². The number of nitrogens with one attached hydrogen (secondary N) is 1. The second-order valence-corrected chi connectivity index (χ2v) is 7.95. The number of carbonyl (C=O) groups excluding carboxylic acids is 2. The van der Waals surface area contributed by atoms with E-state index in [0.29, 0.717) is 18.8 Å². The molecule has 0 spiro atoms. The zero-order valence-corrected chi connectivity index (χ0v) is 17.1. The van der Waals surface area contributed by atoms with Crippen LogP contribution in [-0.4, -0.2) is 78.8 Å². The van der Waals surface area contributed by atoms with Gasteiger partial charge < -0.3 is 24.4 Å². The second kappa shape index (κ2) is 9.52. The molecule has 1 aromatic rings. The third-order valence-corrected chi connectivity index (χ3v) is 5.66. The SMILES string of the molecule is CCCO[C@@H]1CC[C@H](C(=O)N2CCN(C)CC2)C[C@H]1NC(=O)c1cc(C)on1. The summed E-state index contributed by atoms with van der Waals surface area (Å²) in [5, 5.41) is 6.83. The summed E-state index contributed by atoms with van der Waals surface area (Å²) in [5.74, 6) is 0.447. The van der Waals surface area contributed by atoms with E-state index in [1.807, 2.05) is 4.90 Å². The highest BCUT2D eigenvalue weighted by Gasteiger charge is 2.37. The molecule has 2 heterocycles. The molecule has 1 N–H and O–H groups in total. The van der Waals surface area contributed by atoms with Gasteiger partial charge in [-0.05, 0) is 39.7 Å². The lowest BCUT2D eigenvalue weighted by Crippen LogP contribution is -2.53. The standard InChI is InChI=1S/C20H32N4O4/c1-4-11-27-18-6-5-15(20(26)24-9-7-23(3)8-10-24)13-16(18)21-19(25)17-12-14(2)28-22-17/h12,15-16,18H,4-11,13H2,1-3H3,(H,21,25)/t15-,16+,18+/m0/s1. The molecule has 2 amide bonds. The molecular weight excluding hydrogens is 360 g/mol. The molecule has 3 rings (SSSR count). The highest BCUT2D eigenvalue weighted by Crippen LogP contribution is 2.29. The molecule has 0 aromatic carbocycles. The van der Waals surface area contributed by atoms with Crippen molar-refractivity contribution in [1.82, 2.24) is 20.3 Å². The number of ether oxygens (including phenoxy) is 1. The number of hydrogen-bond donors (Lipinski definition) is 1. The fraction of sp³-hybridized carbons (Fsp3) is 0.750. The Labute approximate surface area is 166 Å². The average Bonchev–Trinajstić information content (AvgIpc) is 3.13. The van der Waals surface area contributed by atoms with Gasteiger partial charge in [-0.3, -0.25) is 9.59 Å². The summed E-state index contributed by atoms with van der Waals surface area (Å²) in [6.45, 7) is 7.83. The van der Waals surface area contributed by atoms with Crippen molar-refractivity contribution >= 4 is 11.8 Å². The molecule has 156 valence electrons. The minimum Gasteiger partial charge on any atom is -0.376 e. The minimum atomic E-state index is -0.278. The summed E-state index contributed by atoms with van der Waals surface area (Å²) in [6, 6.07) is 1.42. The van der Waals surface area contributed by atoms with Crippen molar-refractivity contribution in [2.24, 2.45) is 5.92 Å². The van der Waals surface area contributed by atoms with Gasteiger partial charge in [-0.25, -0.2) is 0 Å². The van der Waals surface area contributed by atoms with Gasteiger partial charge in [0.25, 0.3) is 5.91 Å². The smallest absolute Gasteiger partial charge is 0.273 e. The van der Waals surface area contributed by atoms with Crippen LogP contribution in [0, 0.1) is 12.8 Å². The summed E-state index contributed by atoms with van der Waals surface area (Å²) in [5.41, 5.74) is 0.263. The number of likely N-dealkylation sites (N-methyl/N-ethyl adjacent to an activating group) is 1. The topological polar surface area (TPSA) is 87.9 Å². The molecule has 8 nitrogen and oxygen atoms in total. The van der Waals surface area contributed by atoms with Gasteiger partial charge in [0, 0.05) is 44.8 Å². The summed E-state index contributed by atoms with van der Waals surface area (Å²) in [4.78, 5) is 29.8. The lowest BCUT2D eigenvalue weighted by Gasteiger charge is -2.39. The van der Waals surface area contributed by atoms with Gasteiger partial charge >= 0.3 is 0 Å². The quantitative estimate of drug-likeness (QED) is 0.788. The second-order valence-electron chi connectivity index (χ2n) is 7.95. The molecule has 0 radical (unpaired) electrons. The third kappa shape index (κ3) is 5.11. The zero-order valence-electron chi connectivity index (χ0n) is 17.1. The first kappa shape index (κ1) is 20.8. The van der Waals surface area contributed by atoms with Crippen molar-refractivity contribution in [2.45, 2.75) is 51.7 Å². The van der Waals surface area contributed by atoms with Crippen molar-refractivity contribution < 1.29 is 18.8 Å². The predicted octanol–water partition coefficient (Wildman–Crippen LogP) is 1.45. The predicted molar refractivity (Wildman–Crippen MR) is 104 cm³/mol. The number of piperazine rings is 1. The van der Waals surface area contributed by atoms with Crippen molar-refractivity contribution in [3.05, 3.63) is 17.5 Å². The maximum atomic E-state index is 13.0. The number of hydrogen-bond acceptors (Lipinski definition) is 6. The fourth-order valence-corrected chi connectivity index (χ4v) is 3.99. The minimum absolute atomic E-state index is 0.0748. The number of carbonyl (C=O) groups is 2. The normalized spacial score (nSPS) is 26.2. The molecule has 1 saturated carbocycles. The van der Waals surface area contributed by atoms with Gasteiger partial charge in [0.1, 0.15) is 5.76 Å². The van der Waals surface area contributed by atoms with Crippen LogP contribution in [0.1, 0.15) is 48.9 Å². The molecule has 0 bridgehead atoms. The van der Waals surface area contributed by atoms with Crippen molar-refractivity contribution in [3.63, 3.8) is 0 Å². The third-order valence-electron chi connectivity index (χ3n) is 5.66. The molecule has 2 aliphatic rings. The number of rotatable bonds is 6. The summed E-state index contributed by atoms with van der Waals surface area (Å²) >= 11 is 0. The van der Waals surface area contributed by atoms with Gasteiger partial charge in [-0.1, -0.05) is 12.1 Å². The van der Waals surface area contributed by atoms with E-state index in [-0.39, 0.29) is 35.6 Å². The van der Waals surface area contributed by atoms with E-state index in [1.165, 1.54) is 0 Å². The first-order chi connectivity index (χ1) is 13.5. The Morgan fingerprint density at radius 1 is 1.29 bits per heavy atom. The van der Waals surface area contributed by atoms with Gasteiger partial charge in [0.15, 0.2) is 5.69 Å². The molecule has 28 heavy (non-hydrogen) atoms. The molecule has 8 heteroatoms. The van der Waals surface area contributed by atoms with E-state index in [4.69, 9.17) is 9.26 Å².